The van der Waals surface area contributed by atoms with Crippen molar-refractivity contribution in [2.24, 2.45) is 11.7 Å². The average molecular weight is 198 g/mol. The third-order valence-electron chi connectivity index (χ3n) is 2.92. The van der Waals surface area contributed by atoms with Crippen LogP contribution in [0.15, 0.2) is 0 Å². The molecule has 1 rings (SSSR count). The van der Waals surface area contributed by atoms with Gasteiger partial charge in [-0.1, -0.05) is 26.2 Å². The zero-order chi connectivity index (χ0) is 10.4. The highest BCUT2D eigenvalue weighted by Gasteiger charge is 2.22. The molecule has 0 bridgehead atoms. The van der Waals surface area contributed by atoms with Crippen LogP contribution in [0, 0.1) is 5.92 Å². The summed E-state index contributed by atoms with van der Waals surface area (Å²) >= 11 is 0. The molecule has 1 saturated carbocycles. The van der Waals surface area contributed by atoms with Gasteiger partial charge in [-0.2, -0.15) is 0 Å². The van der Waals surface area contributed by atoms with Crippen molar-refractivity contribution in [3.63, 3.8) is 0 Å². The lowest BCUT2D eigenvalue weighted by Crippen LogP contribution is -2.39. The molecule has 0 aromatic carbocycles. The summed E-state index contributed by atoms with van der Waals surface area (Å²) in [5, 5.41) is 2.95. The van der Waals surface area contributed by atoms with Crippen LogP contribution in [-0.2, 0) is 4.79 Å². The van der Waals surface area contributed by atoms with Gasteiger partial charge in [0.25, 0.3) is 0 Å². The maximum atomic E-state index is 11.6. The van der Waals surface area contributed by atoms with E-state index in [0.29, 0.717) is 6.54 Å². The fraction of sp³-hybridized carbons (Fsp3) is 0.909. The van der Waals surface area contributed by atoms with Crippen LogP contribution in [-0.4, -0.2) is 18.5 Å². The van der Waals surface area contributed by atoms with Crippen LogP contribution in [0.25, 0.3) is 0 Å². The Bertz CT molecular complexity index is 176. The van der Waals surface area contributed by atoms with E-state index in [1.54, 1.807) is 0 Å². The molecule has 0 spiro atoms. The van der Waals surface area contributed by atoms with E-state index >= 15 is 0 Å². The summed E-state index contributed by atoms with van der Waals surface area (Å²) in [5.41, 5.74) is 5.82. The van der Waals surface area contributed by atoms with Gasteiger partial charge in [0.1, 0.15) is 0 Å². The number of nitrogens with two attached hydrogens (primary N) is 1. The van der Waals surface area contributed by atoms with Crippen LogP contribution in [0.2, 0.25) is 0 Å². The molecule has 3 N–H and O–H groups in total. The van der Waals surface area contributed by atoms with Gasteiger partial charge in [0, 0.05) is 18.5 Å². The van der Waals surface area contributed by atoms with E-state index in [4.69, 9.17) is 5.73 Å². The molecule has 1 aliphatic rings. The third-order valence-corrected chi connectivity index (χ3v) is 2.92. The Kier molecular flexibility index (Phi) is 4.94. The minimum Gasteiger partial charge on any atom is -0.354 e. The second-order valence-electron chi connectivity index (χ2n) is 4.28. The highest BCUT2D eigenvalue weighted by molar-refractivity contribution is 5.78. The van der Waals surface area contributed by atoms with Crippen molar-refractivity contribution < 1.29 is 4.79 Å². The number of rotatable bonds is 5. The standard InChI is InChI=1S/C11H22N2O/c1-2-5-10(12)8-13-11(14)9-6-3-4-7-9/h9-10H,2-8,12H2,1H3,(H,13,14). The Hall–Kier alpha value is -0.570. The molecule has 3 nitrogen and oxygen atoms in total. The minimum absolute atomic E-state index is 0.130. The molecule has 82 valence electrons. The van der Waals surface area contributed by atoms with Gasteiger partial charge in [0.2, 0.25) is 5.91 Å². The Morgan fingerprint density at radius 3 is 2.71 bits per heavy atom. The fourth-order valence-electron chi connectivity index (χ4n) is 2.04. The van der Waals surface area contributed by atoms with Crippen molar-refractivity contribution in [3.8, 4) is 0 Å². The summed E-state index contributed by atoms with van der Waals surface area (Å²) in [5.74, 6) is 0.484. The highest BCUT2D eigenvalue weighted by atomic mass is 16.1. The minimum atomic E-state index is 0.130. The maximum absolute atomic E-state index is 11.6. The summed E-state index contributed by atoms with van der Waals surface area (Å²) < 4.78 is 0. The first kappa shape index (κ1) is 11.5. The van der Waals surface area contributed by atoms with Gasteiger partial charge in [-0.25, -0.2) is 0 Å². The Labute approximate surface area is 86.4 Å². The molecule has 1 aliphatic carbocycles. The number of carbonyl (C=O) groups is 1. The second-order valence-corrected chi connectivity index (χ2v) is 4.28. The number of amides is 1. The zero-order valence-corrected chi connectivity index (χ0v) is 9.09. The summed E-state index contributed by atoms with van der Waals surface area (Å²) in [7, 11) is 0. The lowest BCUT2D eigenvalue weighted by Gasteiger charge is -2.14. The van der Waals surface area contributed by atoms with Gasteiger partial charge in [-0.15, -0.1) is 0 Å². The number of hydrogen-bond acceptors (Lipinski definition) is 2. The van der Waals surface area contributed by atoms with E-state index in [0.717, 1.165) is 25.7 Å². The molecular weight excluding hydrogens is 176 g/mol. The van der Waals surface area contributed by atoms with Crippen molar-refractivity contribution >= 4 is 5.91 Å². The molecule has 14 heavy (non-hydrogen) atoms. The zero-order valence-electron chi connectivity index (χ0n) is 9.09. The van der Waals surface area contributed by atoms with Gasteiger partial charge in [0.05, 0.1) is 0 Å². The quantitative estimate of drug-likeness (QED) is 0.702. The third kappa shape index (κ3) is 3.66. The molecule has 3 heteroatoms. The van der Waals surface area contributed by atoms with Crippen molar-refractivity contribution in [2.75, 3.05) is 6.54 Å². The van der Waals surface area contributed by atoms with Crippen LogP contribution < -0.4 is 11.1 Å². The van der Waals surface area contributed by atoms with E-state index in [1.807, 2.05) is 0 Å². The molecule has 0 radical (unpaired) electrons. The number of carbonyl (C=O) groups excluding carboxylic acids is 1. The molecular formula is C11H22N2O. The van der Waals surface area contributed by atoms with Crippen LogP contribution in [0.5, 0.6) is 0 Å². The van der Waals surface area contributed by atoms with E-state index in [9.17, 15) is 4.79 Å². The lowest BCUT2D eigenvalue weighted by molar-refractivity contribution is -0.124. The monoisotopic (exact) mass is 198 g/mol. The fourth-order valence-corrected chi connectivity index (χ4v) is 2.04. The average Bonchev–Trinajstić information content (AvgIpc) is 2.67. The van der Waals surface area contributed by atoms with Crippen molar-refractivity contribution in [2.45, 2.75) is 51.5 Å². The first-order valence-electron chi connectivity index (χ1n) is 5.77. The van der Waals surface area contributed by atoms with Gasteiger partial charge >= 0.3 is 0 Å². The van der Waals surface area contributed by atoms with Gasteiger partial charge < -0.3 is 11.1 Å². The van der Waals surface area contributed by atoms with Gasteiger partial charge in [-0.05, 0) is 19.3 Å². The normalized spacial score (nSPS) is 19.6. The van der Waals surface area contributed by atoms with Crippen molar-refractivity contribution in [1.82, 2.24) is 5.32 Å². The molecule has 0 aromatic heterocycles. The first-order valence-corrected chi connectivity index (χ1v) is 5.77. The number of hydrogen-bond donors (Lipinski definition) is 2. The SMILES string of the molecule is CCCC(N)CNC(=O)C1CCCC1. The second kappa shape index (κ2) is 6.02. The first-order chi connectivity index (χ1) is 6.74. The van der Waals surface area contributed by atoms with E-state index < -0.39 is 0 Å². The van der Waals surface area contributed by atoms with Crippen LogP contribution in [0.3, 0.4) is 0 Å². The molecule has 1 atom stereocenters. The molecule has 0 aromatic rings. The highest BCUT2D eigenvalue weighted by Crippen LogP contribution is 2.24. The lowest BCUT2D eigenvalue weighted by atomic mass is 10.1. The molecule has 1 fully saturated rings. The Morgan fingerprint density at radius 2 is 2.14 bits per heavy atom. The van der Waals surface area contributed by atoms with E-state index in [-0.39, 0.29) is 17.9 Å². The molecule has 0 heterocycles. The number of nitrogens with one attached hydrogen (secondary N) is 1. The Balaban J connectivity index is 2.13. The largest absolute Gasteiger partial charge is 0.354 e. The smallest absolute Gasteiger partial charge is 0.223 e. The summed E-state index contributed by atoms with van der Waals surface area (Å²) in [6.45, 7) is 2.75. The topological polar surface area (TPSA) is 55.1 Å². The maximum Gasteiger partial charge on any atom is 0.223 e. The van der Waals surface area contributed by atoms with Crippen LogP contribution >= 0.6 is 0 Å². The van der Waals surface area contributed by atoms with Crippen LogP contribution in [0.4, 0.5) is 0 Å². The molecule has 0 aliphatic heterocycles. The predicted molar refractivity (Wildman–Crippen MR) is 57.9 cm³/mol. The summed E-state index contributed by atoms with van der Waals surface area (Å²) in [6, 6.07) is 0.130. The molecule has 0 saturated heterocycles. The summed E-state index contributed by atoms with van der Waals surface area (Å²) in [4.78, 5) is 11.6. The van der Waals surface area contributed by atoms with E-state index in [1.165, 1.54) is 12.8 Å². The van der Waals surface area contributed by atoms with Crippen LogP contribution in [0.1, 0.15) is 45.4 Å². The molecule has 1 amide bonds. The predicted octanol–water partition coefficient (Wildman–Crippen LogP) is 1.42. The summed E-state index contributed by atoms with van der Waals surface area (Å²) in [6.07, 6.45) is 6.62. The Morgan fingerprint density at radius 1 is 1.50 bits per heavy atom. The van der Waals surface area contributed by atoms with Crippen molar-refractivity contribution in [3.05, 3.63) is 0 Å². The van der Waals surface area contributed by atoms with Gasteiger partial charge in [0.15, 0.2) is 0 Å². The molecule has 1 unspecified atom stereocenters. The van der Waals surface area contributed by atoms with E-state index in [2.05, 4.69) is 12.2 Å². The van der Waals surface area contributed by atoms with Crippen molar-refractivity contribution in [1.29, 1.82) is 0 Å². The van der Waals surface area contributed by atoms with Gasteiger partial charge in [-0.3, -0.25) is 4.79 Å².